The van der Waals surface area contributed by atoms with Crippen LogP contribution in [0, 0.1) is 5.92 Å². The van der Waals surface area contributed by atoms with Crippen molar-refractivity contribution in [3.05, 3.63) is 12.2 Å². The Morgan fingerprint density at radius 3 is 2.10 bits per heavy atom. The fraction of sp³-hybridized carbons (Fsp3) is 0.824. The maximum atomic E-state index is 11.4. The lowest BCUT2D eigenvalue weighted by Crippen LogP contribution is -2.41. The normalized spacial score (nSPS) is 15.1. The molecule has 0 radical (unpaired) electrons. The molecule has 0 aromatic carbocycles. The second kappa shape index (κ2) is 11.0. The van der Waals surface area contributed by atoms with E-state index in [2.05, 4.69) is 34.6 Å². The lowest BCUT2D eigenvalue weighted by atomic mass is 10.0. The Morgan fingerprint density at radius 1 is 1.10 bits per heavy atom. The van der Waals surface area contributed by atoms with Gasteiger partial charge in [0.2, 0.25) is 0 Å². The number of esters is 1. The average Bonchev–Trinajstić information content (AvgIpc) is 2.50. The molecule has 0 bridgehead atoms. The van der Waals surface area contributed by atoms with Crippen molar-refractivity contribution in [2.24, 2.45) is 5.92 Å². The molecule has 0 heterocycles. The molecule has 0 N–H and O–H groups in total. The number of hydrogen-bond acceptors (Lipinski definition) is 3. The van der Waals surface area contributed by atoms with Gasteiger partial charge in [-0.25, -0.2) is 4.79 Å². The van der Waals surface area contributed by atoms with Gasteiger partial charge in [0.05, 0.1) is 12.7 Å². The molecule has 0 aliphatic carbocycles. The van der Waals surface area contributed by atoms with Gasteiger partial charge in [0.1, 0.15) is 0 Å². The maximum Gasteiger partial charge on any atom is 0.330 e. The molecule has 0 aromatic heterocycles. The summed E-state index contributed by atoms with van der Waals surface area (Å²) in [5.74, 6) is -0.0181. The molecular formula is C17H34O3Si. The van der Waals surface area contributed by atoms with Gasteiger partial charge in [-0.15, -0.1) is 0 Å². The lowest BCUT2D eigenvalue weighted by molar-refractivity contribution is -0.137. The van der Waals surface area contributed by atoms with E-state index in [0.29, 0.717) is 6.61 Å². The van der Waals surface area contributed by atoms with Crippen LogP contribution in [0.25, 0.3) is 0 Å². The monoisotopic (exact) mass is 314 g/mol. The summed E-state index contributed by atoms with van der Waals surface area (Å²) in [6.45, 7) is 13.3. The molecule has 0 aliphatic rings. The van der Waals surface area contributed by atoms with Crippen molar-refractivity contribution in [3.63, 3.8) is 0 Å². The Morgan fingerprint density at radius 2 is 1.67 bits per heavy atom. The predicted octanol–water partition coefficient (Wildman–Crippen LogP) is 4.93. The topological polar surface area (TPSA) is 35.5 Å². The van der Waals surface area contributed by atoms with E-state index in [-0.39, 0.29) is 18.0 Å². The van der Waals surface area contributed by atoms with Gasteiger partial charge < -0.3 is 9.16 Å². The predicted molar refractivity (Wildman–Crippen MR) is 91.9 cm³/mol. The minimum Gasteiger partial charge on any atom is -0.463 e. The third-order valence-electron chi connectivity index (χ3n) is 4.32. The van der Waals surface area contributed by atoms with E-state index in [1.807, 2.05) is 13.0 Å². The molecule has 3 nitrogen and oxygen atoms in total. The van der Waals surface area contributed by atoms with Gasteiger partial charge >= 0.3 is 5.97 Å². The number of rotatable bonds is 11. The van der Waals surface area contributed by atoms with E-state index >= 15 is 0 Å². The van der Waals surface area contributed by atoms with Gasteiger partial charge in [0.25, 0.3) is 0 Å². The molecule has 0 saturated heterocycles. The van der Waals surface area contributed by atoms with Gasteiger partial charge in [0, 0.05) is 6.08 Å². The molecule has 0 unspecified atom stereocenters. The van der Waals surface area contributed by atoms with Crippen molar-refractivity contribution in [2.75, 3.05) is 6.61 Å². The van der Waals surface area contributed by atoms with Crippen molar-refractivity contribution < 1.29 is 14.0 Å². The maximum absolute atomic E-state index is 11.4. The second-order valence-corrected chi connectivity index (χ2v) is 10.4. The molecule has 0 aromatic rings. The Hall–Kier alpha value is -0.613. The Balaban J connectivity index is 4.83. The van der Waals surface area contributed by atoms with Gasteiger partial charge in [0.15, 0.2) is 8.32 Å². The molecular weight excluding hydrogens is 280 g/mol. The van der Waals surface area contributed by atoms with E-state index in [1.165, 1.54) is 0 Å². The number of carbonyl (C=O) groups excluding carboxylic acids is 1. The molecule has 0 saturated carbocycles. The molecule has 4 heteroatoms. The van der Waals surface area contributed by atoms with Crippen LogP contribution < -0.4 is 0 Å². The highest BCUT2D eigenvalue weighted by molar-refractivity contribution is 6.73. The average molecular weight is 315 g/mol. The van der Waals surface area contributed by atoms with Crippen molar-refractivity contribution in [1.82, 2.24) is 0 Å². The van der Waals surface area contributed by atoms with Crippen molar-refractivity contribution >= 4 is 14.3 Å². The van der Waals surface area contributed by atoms with Crippen molar-refractivity contribution in [3.8, 4) is 0 Å². The number of ether oxygens (including phenoxy) is 1. The van der Waals surface area contributed by atoms with Crippen LogP contribution in [0.4, 0.5) is 0 Å². The molecule has 0 rings (SSSR count). The van der Waals surface area contributed by atoms with E-state index in [1.54, 1.807) is 6.08 Å². The zero-order valence-corrected chi connectivity index (χ0v) is 15.8. The first-order chi connectivity index (χ1) is 9.98. The molecule has 0 amide bonds. The minimum absolute atomic E-state index is 0.215. The molecule has 124 valence electrons. The first-order valence-electron chi connectivity index (χ1n) is 8.51. The van der Waals surface area contributed by atoms with Crippen LogP contribution in [0.2, 0.25) is 18.1 Å². The number of carbonyl (C=O) groups is 1. The van der Waals surface area contributed by atoms with Crippen LogP contribution in [-0.2, 0) is 14.0 Å². The van der Waals surface area contributed by atoms with Crippen LogP contribution in [0.1, 0.15) is 54.4 Å². The van der Waals surface area contributed by atoms with E-state index < -0.39 is 8.32 Å². The summed E-state index contributed by atoms with van der Waals surface area (Å²) >= 11 is 0. The van der Waals surface area contributed by atoms with Crippen LogP contribution in [-0.4, -0.2) is 27.0 Å². The summed E-state index contributed by atoms with van der Waals surface area (Å²) in [5.41, 5.74) is 0. The van der Waals surface area contributed by atoms with Crippen LogP contribution in [0.5, 0.6) is 0 Å². The van der Waals surface area contributed by atoms with Crippen molar-refractivity contribution in [2.45, 2.75) is 78.6 Å². The quantitative estimate of drug-likeness (QED) is 0.308. The summed E-state index contributed by atoms with van der Waals surface area (Å²) in [6, 6.07) is 3.48. The van der Waals surface area contributed by atoms with E-state index in [9.17, 15) is 4.79 Å². The molecule has 2 atom stereocenters. The third-order valence-corrected chi connectivity index (χ3v) is 8.99. The third kappa shape index (κ3) is 7.27. The minimum atomic E-state index is -1.60. The molecule has 0 aliphatic heterocycles. The molecule has 0 spiro atoms. The number of hydrogen-bond donors (Lipinski definition) is 0. The summed E-state index contributed by atoms with van der Waals surface area (Å²) in [7, 11) is -1.60. The summed E-state index contributed by atoms with van der Waals surface area (Å²) in [4.78, 5) is 11.4. The van der Waals surface area contributed by atoms with Crippen LogP contribution in [0.15, 0.2) is 12.2 Å². The second-order valence-electron chi connectivity index (χ2n) is 5.66. The Kier molecular flexibility index (Phi) is 10.7. The SMILES string of the molecule is CCC[C@@H](O[Si](CC)(CC)CC)[C@@H](C)/C=C/C(=O)OCC. The zero-order valence-electron chi connectivity index (χ0n) is 14.8. The highest BCUT2D eigenvalue weighted by Crippen LogP contribution is 2.28. The molecule has 0 fully saturated rings. The molecule has 21 heavy (non-hydrogen) atoms. The van der Waals surface area contributed by atoms with Crippen molar-refractivity contribution in [1.29, 1.82) is 0 Å². The summed E-state index contributed by atoms with van der Waals surface area (Å²) < 4.78 is 11.6. The highest BCUT2D eigenvalue weighted by Gasteiger charge is 2.33. The van der Waals surface area contributed by atoms with Gasteiger partial charge in [-0.3, -0.25) is 0 Å². The van der Waals surface area contributed by atoms with Crippen LogP contribution in [0.3, 0.4) is 0 Å². The first kappa shape index (κ1) is 20.4. The van der Waals surface area contributed by atoms with Crippen LogP contribution >= 0.6 is 0 Å². The summed E-state index contributed by atoms with van der Waals surface area (Å²) in [5, 5.41) is 0. The first-order valence-corrected chi connectivity index (χ1v) is 11.0. The van der Waals surface area contributed by atoms with Gasteiger partial charge in [-0.05, 0) is 37.4 Å². The lowest BCUT2D eigenvalue weighted by Gasteiger charge is -2.35. The van der Waals surface area contributed by atoms with E-state index in [0.717, 1.165) is 31.0 Å². The highest BCUT2D eigenvalue weighted by atomic mass is 28.4. The fourth-order valence-corrected chi connectivity index (χ4v) is 5.55. The van der Waals surface area contributed by atoms with E-state index in [4.69, 9.17) is 9.16 Å². The smallest absolute Gasteiger partial charge is 0.330 e. The fourth-order valence-electron chi connectivity index (χ4n) is 2.58. The van der Waals surface area contributed by atoms with Gasteiger partial charge in [-0.1, -0.05) is 47.1 Å². The van der Waals surface area contributed by atoms with Gasteiger partial charge in [-0.2, -0.15) is 0 Å². The summed E-state index contributed by atoms with van der Waals surface area (Å²) in [6.07, 6.45) is 5.85. The standard InChI is InChI=1S/C17H34O3Si/c1-7-12-16(20-21(9-3,10-4)11-5)15(6)13-14-17(18)19-8-2/h13-16H,7-12H2,1-6H3/b14-13+/t15-,16+/m0/s1. The Bertz CT molecular complexity index is 303. The zero-order chi connectivity index (χ0) is 16.3. The largest absolute Gasteiger partial charge is 0.463 e. The Labute approximate surface area is 132 Å².